The smallest absolute Gasteiger partial charge is 0.227 e. The van der Waals surface area contributed by atoms with Crippen LogP contribution in [0.2, 0.25) is 0 Å². The van der Waals surface area contributed by atoms with E-state index in [9.17, 15) is 9.59 Å². The van der Waals surface area contributed by atoms with Crippen molar-refractivity contribution in [2.45, 2.75) is 25.3 Å². The van der Waals surface area contributed by atoms with Gasteiger partial charge < -0.3 is 19.7 Å². The van der Waals surface area contributed by atoms with E-state index in [0.29, 0.717) is 31.3 Å². The minimum Gasteiger partial charge on any atom is -0.486 e. The molecular formula is C22H22N2O4. The van der Waals surface area contributed by atoms with Crippen LogP contribution in [0, 0.1) is 5.92 Å². The fraction of sp³-hybridized carbons (Fsp3) is 0.364. The summed E-state index contributed by atoms with van der Waals surface area (Å²) in [5.74, 6) is 0.912. The number of nitrogens with one attached hydrogen (secondary N) is 1. The molecule has 0 spiro atoms. The summed E-state index contributed by atoms with van der Waals surface area (Å²) in [6, 6.07) is 13.8. The monoisotopic (exact) mass is 378 g/mol. The fourth-order valence-corrected chi connectivity index (χ4v) is 4.33. The maximum atomic E-state index is 12.8. The lowest BCUT2D eigenvalue weighted by Gasteiger charge is -2.22. The van der Waals surface area contributed by atoms with E-state index >= 15 is 0 Å². The summed E-state index contributed by atoms with van der Waals surface area (Å²) in [6.07, 6.45) is 2.13. The molecule has 2 atom stereocenters. The predicted molar refractivity (Wildman–Crippen MR) is 104 cm³/mol. The summed E-state index contributed by atoms with van der Waals surface area (Å²) < 4.78 is 11.2. The lowest BCUT2D eigenvalue weighted by atomic mass is 10.1. The molecule has 2 aromatic carbocycles. The number of aryl methyl sites for hydroxylation is 1. The van der Waals surface area contributed by atoms with Crippen molar-refractivity contribution in [3.8, 4) is 11.5 Å². The van der Waals surface area contributed by atoms with Crippen molar-refractivity contribution in [3.05, 3.63) is 53.6 Å². The van der Waals surface area contributed by atoms with Crippen LogP contribution < -0.4 is 19.7 Å². The van der Waals surface area contributed by atoms with E-state index in [1.807, 2.05) is 30.3 Å². The highest BCUT2D eigenvalue weighted by atomic mass is 16.6. The van der Waals surface area contributed by atoms with Gasteiger partial charge >= 0.3 is 0 Å². The maximum Gasteiger partial charge on any atom is 0.227 e. The Labute approximate surface area is 163 Å². The Balaban J connectivity index is 1.28. The second-order valence-corrected chi connectivity index (χ2v) is 7.53. The Bertz CT molecular complexity index is 942. The minimum absolute atomic E-state index is 0.0383. The zero-order chi connectivity index (χ0) is 19.1. The molecule has 2 amide bonds. The SMILES string of the molecule is O=C(N[C@H]1CCc2ccccc21)[C@H]1CC(=O)N(c2ccc3c(c2)OCCO3)C1. The van der Waals surface area contributed by atoms with Gasteiger partial charge in [0.2, 0.25) is 11.8 Å². The maximum absolute atomic E-state index is 12.8. The zero-order valence-corrected chi connectivity index (χ0v) is 15.5. The summed E-state index contributed by atoms with van der Waals surface area (Å²) in [4.78, 5) is 27.1. The second kappa shape index (κ2) is 6.86. The summed E-state index contributed by atoms with van der Waals surface area (Å²) >= 11 is 0. The van der Waals surface area contributed by atoms with Crippen molar-refractivity contribution in [1.82, 2.24) is 5.32 Å². The van der Waals surface area contributed by atoms with Crippen molar-refractivity contribution in [2.24, 2.45) is 5.92 Å². The molecule has 0 unspecified atom stereocenters. The van der Waals surface area contributed by atoms with E-state index in [0.717, 1.165) is 18.5 Å². The van der Waals surface area contributed by atoms with Gasteiger partial charge in [0, 0.05) is 24.7 Å². The summed E-state index contributed by atoms with van der Waals surface area (Å²) in [6.45, 7) is 1.42. The largest absolute Gasteiger partial charge is 0.486 e. The molecule has 3 aliphatic rings. The number of fused-ring (bicyclic) bond motifs is 2. The Morgan fingerprint density at radius 3 is 2.79 bits per heavy atom. The van der Waals surface area contributed by atoms with Gasteiger partial charge in [-0.05, 0) is 36.1 Å². The van der Waals surface area contributed by atoms with Gasteiger partial charge in [0.15, 0.2) is 11.5 Å². The van der Waals surface area contributed by atoms with Crippen molar-refractivity contribution in [1.29, 1.82) is 0 Å². The average molecular weight is 378 g/mol. The van der Waals surface area contributed by atoms with Gasteiger partial charge in [-0.25, -0.2) is 0 Å². The average Bonchev–Trinajstić information content (AvgIpc) is 3.31. The number of carbonyl (C=O) groups is 2. The molecule has 1 aliphatic carbocycles. The van der Waals surface area contributed by atoms with Crippen molar-refractivity contribution >= 4 is 17.5 Å². The molecule has 28 heavy (non-hydrogen) atoms. The van der Waals surface area contributed by atoms with E-state index in [2.05, 4.69) is 17.4 Å². The molecule has 2 aromatic rings. The molecule has 0 bridgehead atoms. The predicted octanol–water partition coefficient (Wildman–Crippen LogP) is 2.61. The number of ether oxygens (including phenoxy) is 2. The molecule has 1 fully saturated rings. The third kappa shape index (κ3) is 2.99. The minimum atomic E-state index is -0.339. The lowest BCUT2D eigenvalue weighted by Crippen LogP contribution is -2.34. The Kier molecular flexibility index (Phi) is 4.19. The van der Waals surface area contributed by atoms with Crippen LogP contribution in [0.3, 0.4) is 0 Å². The number of hydrogen-bond acceptors (Lipinski definition) is 4. The first-order valence-corrected chi connectivity index (χ1v) is 9.77. The van der Waals surface area contributed by atoms with Crippen LogP contribution in [0.5, 0.6) is 11.5 Å². The zero-order valence-electron chi connectivity index (χ0n) is 15.5. The number of amides is 2. The molecule has 0 aromatic heterocycles. The number of hydrogen-bond donors (Lipinski definition) is 1. The number of carbonyl (C=O) groups excluding carboxylic acids is 2. The second-order valence-electron chi connectivity index (χ2n) is 7.53. The fourth-order valence-electron chi connectivity index (χ4n) is 4.33. The van der Waals surface area contributed by atoms with Gasteiger partial charge in [-0.2, -0.15) is 0 Å². The van der Waals surface area contributed by atoms with Crippen LogP contribution in [0.4, 0.5) is 5.69 Å². The molecule has 1 N–H and O–H groups in total. The topological polar surface area (TPSA) is 67.9 Å². The van der Waals surface area contributed by atoms with Gasteiger partial charge in [-0.15, -0.1) is 0 Å². The van der Waals surface area contributed by atoms with Crippen molar-refractivity contribution in [2.75, 3.05) is 24.7 Å². The molecule has 5 rings (SSSR count). The summed E-state index contributed by atoms with van der Waals surface area (Å²) in [7, 11) is 0. The van der Waals surface area contributed by atoms with E-state index in [1.165, 1.54) is 11.1 Å². The van der Waals surface area contributed by atoms with E-state index in [4.69, 9.17) is 9.47 Å². The first-order chi connectivity index (χ1) is 13.7. The molecule has 6 nitrogen and oxygen atoms in total. The molecule has 6 heteroatoms. The van der Waals surface area contributed by atoms with Crippen LogP contribution in [0.15, 0.2) is 42.5 Å². The van der Waals surface area contributed by atoms with Gasteiger partial charge in [0.1, 0.15) is 13.2 Å². The highest BCUT2D eigenvalue weighted by molar-refractivity contribution is 6.00. The molecular weight excluding hydrogens is 356 g/mol. The Morgan fingerprint density at radius 1 is 1.07 bits per heavy atom. The number of benzene rings is 2. The third-order valence-electron chi connectivity index (χ3n) is 5.78. The molecule has 2 heterocycles. The quantitative estimate of drug-likeness (QED) is 0.892. The van der Waals surface area contributed by atoms with Crippen molar-refractivity contribution in [3.63, 3.8) is 0 Å². The highest BCUT2D eigenvalue weighted by Gasteiger charge is 2.37. The molecule has 144 valence electrons. The molecule has 0 radical (unpaired) electrons. The Morgan fingerprint density at radius 2 is 1.89 bits per heavy atom. The molecule has 1 saturated heterocycles. The first-order valence-electron chi connectivity index (χ1n) is 9.77. The van der Waals surface area contributed by atoms with Crippen LogP contribution in [0.25, 0.3) is 0 Å². The van der Waals surface area contributed by atoms with Crippen LogP contribution in [0.1, 0.15) is 30.0 Å². The molecule has 2 aliphatic heterocycles. The van der Waals surface area contributed by atoms with Gasteiger partial charge in [0.05, 0.1) is 12.0 Å². The van der Waals surface area contributed by atoms with E-state index < -0.39 is 0 Å². The summed E-state index contributed by atoms with van der Waals surface area (Å²) in [5.41, 5.74) is 3.24. The third-order valence-corrected chi connectivity index (χ3v) is 5.78. The summed E-state index contributed by atoms with van der Waals surface area (Å²) in [5, 5.41) is 3.16. The van der Waals surface area contributed by atoms with E-state index in [-0.39, 0.29) is 30.2 Å². The number of rotatable bonds is 3. The first kappa shape index (κ1) is 17.1. The van der Waals surface area contributed by atoms with Crippen LogP contribution >= 0.6 is 0 Å². The molecule has 0 saturated carbocycles. The van der Waals surface area contributed by atoms with Crippen LogP contribution in [-0.2, 0) is 16.0 Å². The van der Waals surface area contributed by atoms with Gasteiger partial charge in [0.25, 0.3) is 0 Å². The normalized spacial score (nSPS) is 22.9. The van der Waals surface area contributed by atoms with E-state index in [1.54, 1.807) is 4.90 Å². The highest BCUT2D eigenvalue weighted by Crippen LogP contribution is 2.36. The lowest BCUT2D eigenvalue weighted by molar-refractivity contribution is -0.127. The number of nitrogens with zero attached hydrogens (tertiary/aromatic N) is 1. The van der Waals surface area contributed by atoms with Gasteiger partial charge in [-0.1, -0.05) is 24.3 Å². The Hall–Kier alpha value is -3.02. The standard InChI is InChI=1S/C22H22N2O4/c25-21-11-15(22(26)23-18-7-5-14-3-1-2-4-17(14)18)13-24(21)16-6-8-19-20(12-16)28-10-9-27-19/h1-4,6,8,12,15,18H,5,7,9-11,13H2,(H,23,26)/t15-,18-/m0/s1. The van der Waals surface area contributed by atoms with Crippen LogP contribution in [-0.4, -0.2) is 31.6 Å². The van der Waals surface area contributed by atoms with Crippen molar-refractivity contribution < 1.29 is 19.1 Å². The number of anilines is 1. The van der Waals surface area contributed by atoms with Gasteiger partial charge in [-0.3, -0.25) is 9.59 Å².